The fourth-order valence-electron chi connectivity index (χ4n) is 3.84. The first-order valence-electron chi connectivity index (χ1n) is 12.3. The van der Waals surface area contributed by atoms with Crippen LogP contribution < -0.4 is 21.1 Å². The Morgan fingerprint density at radius 1 is 1.23 bits per heavy atom. The zero-order valence-corrected chi connectivity index (χ0v) is 22.1. The van der Waals surface area contributed by atoms with E-state index in [0.29, 0.717) is 0 Å². The van der Waals surface area contributed by atoms with E-state index in [1.54, 1.807) is 20.8 Å². The molecule has 0 radical (unpaired) electrons. The van der Waals surface area contributed by atoms with Gasteiger partial charge in [-0.1, -0.05) is 0 Å². The molecule has 1 fully saturated rings. The van der Waals surface area contributed by atoms with Gasteiger partial charge >= 0.3 is 6.09 Å². The van der Waals surface area contributed by atoms with Crippen molar-refractivity contribution in [1.29, 1.82) is 0 Å². The Hall–Kier alpha value is -4.88. The number of ether oxygens (including phenoxy) is 1. The Kier molecular flexibility index (Phi) is 6.69. The van der Waals surface area contributed by atoms with Gasteiger partial charge in [-0.2, -0.15) is 9.61 Å². The van der Waals surface area contributed by atoms with Gasteiger partial charge in [0.1, 0.15) is 34.7 Å². The first kappa shape index (κ1) is 26.7. The van der Waals surface area contributed by atoms with Gasteiger partial charge in [0, 0.05) is 31.9 Å². The first-order chi connectivity index (χ1) is 18.9. The summed E-state index contributed by atoms with van der Waals surface area (Å²) in [6.45, 7) is 5.14. The van der Waals surface area contributed by atoms with Crippen LogP contribution in [0.15, 0.2) is 53.7 Å². The summed E-state index contributed by atoms with van der Waals surface area (Å²) < 4.78 is 35.5. The largest absolute Gasteiger partial charge is 0.443 e. The summed E-state index contributed by atoms with van der Waals surface area (Å²) in [6, 6.07) is 6.41. The molecule has 40 heavy (non-hydrogen) atoms. The van der Waals surface area contributed by atoms with Crippen LogP contribution in [0.3, 0.4) is 0 Å². The number of nitrogens with zero attached hydrogens (tertiary/aromatic N) is 6. The SMILES string of the molecule is CN(C(=O)OC(C)(C)C)c1cc(Nc2cccn(-c3ncccc3F)c2=O)nc2c(C(=O)N[C@@H]3C[C@@H]3F)cnn12. The van der Waals surface area contributed by atoms with Gasteiger partial charge in [-0.25, -0.2) is 23.5 Å². The molecular formula is C26H26F2N8O4. The molecule has 12 nitrogen and oxygen atoms in total. The lowest BCUT2D eigenvalue weighted by Gasteiger charge is -2.25. The molecule has 0 bridgehead atoms. The molecule has 2 atom stereocenters. The number of hydrogen-bond acceptors (Lipinski definition) is 8. The lowest BCUT2D eigenvalue weighted by Crippen LogP contribution is -2.35. The van der Waals surface area contributed by atoms with Crippen molar-refractivity contribution in [3.63, 3.8) is 0 Å². The zero-order chi connectivity index (χ0) is 28.8. The van der Waals surface area contributed by atoms with Crippen molar-refractivity contribution in [2.24, 2.45) is 0 Å². The van der Waals surface area contributed by atoms with E-state index in [2.05, 4.69) is 25.7 Å². The molecule has 0 saturated heterocycles. The van der Waals surface area contributed by atoms with Gasteiger partial charge in [-0.15, -0.1) is 0 Å². The number of rotatable bonds is 6. The van der Waals surface area contributed by atoms with E-state index < -0.39 is 41.2 Å². The van der Waals surface area contributed by atoms with Gasteiger partial charge in [-0.05, 0) is 45.0 Å². The number of aromatic nitrogens is 5. The number of fused-ring (bicyclic) bond motifs is 1. The third-order valence-electron chi connectivity index (χ3n) is 5.91. The smallest absolute Gasteiger partial charge is 0.415 e. The number of halogens is 2. The van der Waals surface area contributed by atoms with Gasteiger partial charge in [0.25, 0.3) is 11.5 Å². The van der Waals surface area contributed by atoms with Crippen molar-refractivity contribution in [2.75, 3.05) is 17.3 Å². The van der Waals surface area contributed by atoms with E-state index in [4.69, 9.17) is 4.74 Å². The van der Waals surface area contributed by atoms with Crippen LogP contribution in [-0.4, -0.2) is 61.0 Å². The zero-order valence-electron chi connectivity index (χ0n) is 22.1. The Morgan fingerprint density at radius 2 is 1.98 bits per heavy atom. The highest BCUT2D eigenvalue weighted by molar-refractivity contribution is 6.01. The molecule has 4 heterocycles. The van der Waals surface area contributed by atoms with Gasteiger partial charge in [0.15, 0.2) is 17.3 Å². The molecule has 0 unspecified atom stereocenters. The summed E-state index contributed by atoms with van der Waals surface area (Å²) in [5.74, 6) is -1.25. The van der Waals surface area contributed by atoms with Crippen LogP contribution >= 0.6 is 0 Å². The van der Waals surface area contributed by atoms with Gasteiger partial charge < -0.3 is 15.4 Å². The average molecular weight is 553 g/mol. The summed E-state index contributed by atoms with van der Waals surface area (Å²) in [6.07, 6.45) is 2.37. The highest BCUT2D eigenvalue weighted by Gasteiger charge is 2.39. The van der Waals surface area contributed by atoms with Crippen molar-refractivity contribution in [3.8, 4) is 5.82 Å². The fourth-order valence-corrected chi connectivity index (χ4v) is 3.84. The van der Waals surface area contributed by atoms with Crippen LogP contribution in [0, 0.1) is 5.82 Å². The minimum absolute atomic E-state index is 0.0130. The highest BCUT2D eigenvalue weighted by atomic mass is 19.1. The van der Waals surface area contributed by atoms with E-state index in [0.717, 1.165) is 4.57 Å². The second-order valence-electron chi connectivity index (χ2n) is 10.2. The van der Waals surface area contributed by atoms with Gasteiger partial charge in [-0.3, -0.25) is 19.1 Å². The van der Waals surface area contributed by atoms with E-state index in [-0.39, 0.29) is 40.8 Å². The molecule has 0 spiro atoms. The third kappa shape index (κ3) is 5.32. The number of carbonyl (C=O) groups is 2. The van der Waals surface area contributed by atoms with Crippen molar-refractivity contribution >= 4 is 35.0 Å². The molecule has 2 N–H and O–H groups in total. The first-order valence-corrected chi connectivity index (χ1v) is 12.3. The van der Waals surface area contributed by atoms with Crippen LogP contribution in [0.5, 0.6) is 0 Å². The van der Waals surface area contributed by atoms with Crippen LogP contribution in [0.1, 0.15) is 37.6 Å². The maximum absolute atomic E-state index is 14.4. The minimum atomic E-state index is -1.12. The molecule has 0 aliphatic heterocycles. The fraction of sp³-hybridized carbons (Fsp3) is 0.308. The number of anilines is 3. The Bertz CT molecular complexity index is 1680. The topological polar surface area (TPSA) is 136 Å². The Morgan fingerprint density at radius 3 is 2.65 bits per heavy atom. The maximum atomic E-state index is 14.4. The van der Waals surface area contributed by atoms with Gasteiger partial charge in [0.05, 0.1) is 12.2 Å². The quantitative estimate of drug-likeness (QED) is 0.372. The number of amides is 2. The van der Waals surface area contributed by atoms with Crippen LogP contribution in [-0.2, 0) is 4.74 Å². The summed E-state index contributed by atoms with van der Waals surface area (Å²) in [5.41, 5.74) is -1.34. The lowest BCUT2D eigenvalue weighted by molar-refractivity contribution is 0.0587. The van der Waals surface area contributed by atoms with E-state index >= 15 is 0 Å². The summed E-state index contributed by atoms with van der Waals surface area (Å²) in [7, 11) is 1.45. The molecule has 208 valence electrons. The van der Waals surface area contributed by atoms with Gasteiger partial charge in [0.2, 0.25) is 0 Å². The molecular weight excluding hydrogens is 526 g/mol. The number of hydrogen-bond donors (Lipinski definition) is 2. The monoisotopic (exact) mass is 552 g/mol. The minimum Gasteiger partial charge on any atom is -0.443 e. The van der Waals surface area contributed by atoms with Crippen molar-refractivity contribution in [2.45, 2.75) is 45.0 Å². The lowest BCUT2D eigenvalue weighted by atomic mass is 10.2. The number of carbonyl (C=O) groups excluding carboxylic acids is 2. The van der Waals surface area contributed by atoms with Crippen LogP contribution in [0.2, 0.25) is 0 Å². The second-order valence-corrected chi connectivity index (χ2v) is 10.2. The number of pyridine rings is 2. The predicted molar refractivity (Wildman–Crippen MR) is 141 cm³/mol. The predicted octanol–water partition coefficient (Wildman–Crippen LogP) is 3.37. The molecule has 0 aromatic carbocycles. The summed E-state index contributed by atoms with van der Waals surface area (Å²) >= 11 is 0. The maximum Gasteiger partial charge on any atom is 0.415 e. The summed E-state index contributed by atoms with van der Waals surface area (Å²) in [4.78, 5) is 48.6. The molecule has 2 amide bonds. The molecule has 5 rings (SSSR count). The summed E-state index contributed by atoms with van der Waals surface area (Å²) in [5, 5.41) is 9.69. The van der Waals surface area contributed by atoms with Crippen LogP contribution in [0.25, 0.3) is 11.5 Å². The Labute approximate surface area is 226 Å². The standard InChI is InChI=1S/C26H26F2N8O4/c1-26(2,3)40-25(39)34(4)20-12-19(33-21-14(13-30-36(20)21)23(37)32-18-11-16(18)28)31-17-8-6-10-35(24(17)38)22-15(27)7-5-9-29-22/h5-10,12-13,16,18H,11H2,1-4H3,(H,31,33)(H,32,37)/t16-,18+/m0/s1. The third-order valence-corrected chi connectivity index (χ3v) is 5.91. The number of alkyl halides is 1. The van der Waals surface area contributed by atoms with Crippen LogP contribution in [0.4, 0.5) is 30.9 Å². The molecule has 4 aromatic rings. The molecule has 1 saturated carbocycles. The molecule has 4 aromatic heterocycles. The average Bonchev–Trinajstić information content (AvgIpc) is 3.40. The van der Waals surface area contributed by atoms with Crippen molar-refractivity contribution in [3.05, 3.63) is 70.7 Å². The normalized spacial score (nSPS) is 16.4. The Balaban J connectivity index is 1.58. The molecule has 1 aliphatic rings. The molecule has 14 heteroatoms. The van der Waals surface area contributed by atoms with E-state index in [1.165, 1.54) is 65.4 Å². The van der Waals surface area contributed by atoms with Crippen molar-refractivity contribution < 1.29 is 23.1 Å². The van der Waals surface area contributed by atoms with Crippen molar-refractivity contribution in [1.82, 2.24) is 29.5 Å². The molecule has 1 aliphatic carbocycles. The second kappa shape index (κ2) is 10.0. The van der Waals surface area contributed by atoms with E-state index in [1.807, 2.05) is 0 Å². The van der Waals surface area contributed by atoms with E-state index in [9.17, 15) is 23.2 Å². The highest BCUT2D eigenvalue weighted by Crippen LogP contribution is 2.27. The number of nitrogens with one attached hydrogen (secondary N) is 2.